The third-order valence-electron chi connectivity index (χ3n) is 1.82. The standard InChI is InChI=1S/C9H6O4/c10-4-8(11)6-1-2-9-7(3-6)5-12-13-9/h1-4H,5H2. The van der Waals surface area contributed by atoms with Crippen molar-refractivity contribution in [3.05, 3.63) is 29.3 Å². The molecule has 1 aromatic carbocycles. The summed E-state index contributed by atoms with van der Waals surface area (Å²) in [7, 11) is 0. The van der Waals surface area contributed by atoms with E-state index in [1.807, 2.05) is 0 Å². The Hall–Kier alpha value is -1.68. The van der Waals surface area contributed by atoms with E-state index in [0.717, 1.165) is 5.56 Å². The zero-order valence-electron chi connectivity index (χ0n) is 6.65. The summed E-state index contributed by atoms with van der Waals surface area (Å²) in [5, 5.41) is 0. The highest BCUT2D eigenvalue weighted by Crippen LogP contribution is 2.26. The van der Waals surface area contributed by atoms with Gasteiger partial charge in [-0.2, -0.15) is 4.89 Å². The molecule has 0 fully saturated rings. The van der Waals surface area contributed by atoms with Gasteiger partial charge < -0.3 is 4.89 Å². The number of rotatable bonds is 2. The van der Waals surface area contributed by atoms with Gasteiger partial charge in [0.15, 0.2) is 12.0 Å². The number of ketones is 1. The van der Waals surface area contributed by atoms with Gasteiger partial charge in [0.1, 0.15) is 6.61 Å². The maximum Gasteiger partial charge on any atom is 0.225 e. The first-order valence-corrected chi connectivity index (χ1v) is 3.73. The van der Waals surface area contributed by atoms with E-state index < -0.39 is 5.78 Å². The van der Waals surface area contributed by atoms with Gasteiger partial charge >= 0.3 is 0 Å². The van der Waals surface area contributed by atoms with Gasteiger partial charge in [0.2, 0.25) is 5.78 Å². The van der Waals surface area contributed by atoms with Crippen LogP contribution in [0.15, 0.2) is 18.2 Å². The summed E-state index contributed by atoms with van der Waals surface area (Å²) in [5.41, 5.74) is 1.15. The van der Waals surface area contributed by atoms with Crippen LogP contribution in [0, 0.1) is 0 Å². The van der Waals surface area contributed by atoms with Crippen LogP contribution in [-0.2, 0) is 16.3 Å². The molecule has 0 radical (unpaired) electrons. The minimum absolute atomic E-state index is 0.290. The first kappa shape index (κ1) is 7.94. The molecule has 1 heterocycles. The molecule has 13 heavy (non-hydrogen) atoms. The molecule has 1 aliphatic heterocycles. The number of fused-ring (bicyclic) bond motifs is 1. The SMILES string of the molecule is O=CC(=O)c1ccc2c(c1)COO2. The van der Waals surface area contributed by atoms with Crippen LogP contribution in [0.3, 0.4) is 0 Å². The lowest BCUT2D eigenvalue weighted by atomic mass is 10.1. The van der Waals surface area contributed by atoms with Gasteiger partial charge in [0.25, 0.3) is 0 Å². The van der Waals surface area contributed by atoms with E-state index in [0.29, 0.717) is 24.2 Å². The largest absolute Gasteiger partial charge is 0.337 e. The van der Waals surface area contributed by atoms with Gasteiger partial charge in [0, 0.05) is 11.1 Å². The lowest BCUT2D eigenvalue weighted by Crippen LogP contribution is -1.99. The summed E-state index contributed by atoms with van der Waals surface area (Å²) in [6, 6.07) is 4.74. The summed E-state index contributed by atoms with van der Waals surface area (Å²) < 4.78 is 0. The van der Waals surface area contributed by atoms with E-state index in [1.54, 1.807) is 12.1 Å². The third-order valence-corrected chi connectivity index (χ3v) is 1.82. The van der Waals surface area contributed by atoms with Crippen molar-refractivity contribution in [2.75, 3.05) is 0 Å². The third kappa shape index (κ3) is 1.31. The molecule has 0 bridgehead atoms. The van der Waals surface area contributed by atoms with Crippen LogP contribution >= 0.6 is 0 Å². The molecule has 0 atom stereocenters. The van der Waals surface area contributed by atoms with Crippen molar-refractivity contribution in [3.63, 3.8) is 0 Å². The van der Waals surface area contributed by atoms with Crippen molar-refractivity contribution in [3.8, 4) is 5.75 Å². The van der Waals surface area contributed by atoms with E-state index in [1.165, 1.54) is 6.07 Å². The highest BCUT2D eigenvalue weighted by molar-refractivity contribution is 6.33. The molecule has 66 valence electrons. The summed E-state index contributed by atoms with van der Waals surface area (Å²) >= 11 is 0. The maximum atomic E-state index is 11.0. The van der Waals surface area contributed by atoms with E-state index in [9.17, 15) is 9.59 Å². The summed E-state index contributed by atoms with van der Waals surface area (Å²) in [6.45, 7) is 0.315. The number of hydrogen-bond acceptors (Lipinski definition) is 4. The summed E-state index contributed by atoms with van der Waals surface area (Å²) in [5.74, 6) is 0.0668. The molecule has 1 aromatic rings. The summed E-state index contributed by atoms with van der Waals surface area (Å²) in [6.07, 6.45) is 0.290. The fraction of sp³-hybridized carbons (Fsp3) is 0.111. The average Bonchev–Trinajstić information content (AvgIpc) is 2.63. The quantitative estimate of drug-likeness (QED) is 0.292. The Morgan fingerprint density at radius 2 is 2.31 bits per heavy atom. The first-order chi connectivity index (χ1) is 6.31. The van der Waals surface area contributed by atoms with Gasteiger partial charge in [-0.25, -0.2) is 0 Å². The van der Waals surface area contributed by atoms with Crippen molar-refractivity contribution in [2.45, 2.75) is 6.61 Å². The molecule has 0 aromatic heterocycles. The molecular weight excluding hydrogens is 172 g/mol. The van der Waals surface area contributed by atoms with Crippen LogP contribution in [-0.4, -0.2) is 12.1 Å². The van der Waals surface area contributed by atoms with Crippen LogP contribution in [0.1, 0.15) is 15.9 Å². The van der Waals surface area contributed by atoms with Crippen molar-refractivity contribution >= 4 is 12.1 Å². The fourth-order valence-corrected chi connectivity index (χ4v) is 1.15. The zero-order valence-corrected chi connectivity index (χ0v) is 6.65. The van der Waals surface area contributed by atoms with Crippen molar-refractivity contribution in [1.82, 2.24) is 0 Å². The molecule has 1 aliphatic rings. The van der Waals surface area contributed by atoms with Crippen LogP contribution in [0.4, 0.5) is 0 Å². The molecule has 0 N–H and O–H groups in total. The predicted molar refractivity (Wildman–Crippen MR) is 42.3 cm³/mol. The van der Waals surface area contributed by atoms with Gasteiger partial charge in [-0.05, 0) is 18.2 Å². The van der Waals surface area contributed by atoms with Gasteiger partial charge in [-0.15, -0.1) is 0 Å². The number of carbonyl (C=O) groups is 2. The monoisotopic (exact) mass is 178 g/mol. The van der Waals surface area contributed by atoms with E-state index in [4.69, 9.17) is 4.89 Å². The molecule has 0 amide bonds. The molecule has 4 nitrogen and oxygen atoms in total. The number of hydrogen-bond donors (Lipinski definition) is 0. The highest BCUT2D eigenvalue weighted by Gasteiger charge is 2.15. The van der Waals surface area contributed by atoms with E-state index >= 15 is 0 Å². The zero-order chi connectivity index (χ0) is 9.26. The smallest absolute Gasteiger partial charge is 0.225 e. The fourth-order valence-electron chi connectivity index (χ4n) is 1.15. The minimum atomic E-state index is -0.533. The second-order valence-electron chi connectivity index (χ2n) is 2.65. The lowest BCUT2D eigenvalue weighted by molar-refractivity contribution is -0.194. The average molecular weight is 178 g/mol. The number of benzene rings is 1. The maximum absolute atomic E-state index is 11.0. The normalized spacial score (nSPS) is 13.2. The van der Waals surface area contributed by atoms with Crippen molar-refractivity contribution in [2.24, 2.45) is 0 Å². The Kier molecular flexibility index (Phi) is 1.83. The van der Waals surface area contributed by atoms with Crippen LogP contribution in [0.5, 0.6) is 5.75 Å². The minimum Gasteiger partial charge on any atom is -0.337 e. The molecular formula is C9H6O4. The van der Waals surface area contributed by atoms with Gasteiger partial charge in [-0.3, -0.25) is 9.59 Å². The molecule has 0 saturated carbocycles. The Morgan fingerprint density at radius 3 is 3.08 bits per heavy atom. The Balaban J connectivity index is 2.41. The molecule has 2 rings (SSSR count). The van der Waals surface area contributed by atoms with Crippen LogP contribution in [0.2, 0.25) is 0 Å². The Bertz CT molecular complexity index is 370. The van der Waals surface area contributed by atoms with E-state index in [-0.39, 0.29) is 0 Å². The van der Waals surface area contributed by atoms with Gasteiger partial charge in [-0.1, -0.05) is 0 Å². The topological polar surface area (TPSA) is 52.6 Å². The van der Waals surface area contributed by atoms with Crippen LogP contribution < -0.4 is 4.89 Å². The van der Waals surface area contributed by atoms with Crippen LogP contribution in [0.25, 0.3) is 0 Å². The molecule has 4 heteroatoms. The molecule has 0 saturated heterocycles. The predicted octanol–water partition coefficient (Wildman–Crippen LogP) is 0.892. The first-order valence-electron chi connectivity index (χ1n) is 3.73. The lowest BCUT2D eigenvalue weighted by Gasteiger charge is -1.96. The highest BCUT2D eigenvalue weighted by atomic mass is 17.2. The number of aldehydes is 1. The number of carbonyl (C=O) groups excluding carboxylic acids is 2. The van der Waals surface area contributed by atoms with E-state index in [2.05, 4.69) is 4.89 Å². The Labute approximate surface area is 74.0 Å². The molecule has 0 unspecified atom stereocenters. The van der Waals surface area contributed by atoms with Gasteiger partial charge in [0.05, 0.1) is 0 Å². The number of Topliss-reactive ketones (excluding diaryl/α,β-unsaturated/α-hetero) is 1. The second-order valence-corrected chi connectivity index (χ2v) is 2.65. The summed E-state index contributed by atoms with van der Waals surface area (Å²) in [4.78, 5) is 30.6. The van der Waals surface area contributed by atoms with Crippen molar-refractivity contribution in [1.29, 1.82) is 0 Å². The second kappa shape index (κ2) is 2.99. The molecule has 0 aliphatic carbocycles. The molecule has 0 spiro atoms. The van der Waals surface area contributed by atoms with Crippen molar-refractivity contribution < 1.29 is 19.4 Å². The Morgan fingerprint density at radius 1 is 1.46 bits per heavy atom.